The van der Waals surface area contributed by atoms with Crippen LogP contribution in [-0.2, 0) is 4.79 Å². The average Bonchev–Trinajstić information content (AvgIpc) is 2.87. The van der Waals surface area contributed by atoms with Crippen LogP contribution in [0, 0.1) is 11.3 Å². The summed E-state index contributed by atoms with van der Waals surface area (Å²) in [5.74, 6) is 0.787. The van der Waals surface area contributed by atoms with E-state index in [1.54, 1.807) is 0 Å². The van der Waals surface area contributed by atoms with Gasteiger partial charge >= 0.3 is 0 Å². The van der Waals surface area contributed by atoms with Crippen molar-refractivity contribution in [1.82, 2.24) is 4.90 Å². The molecular weight excluding hydrogens is 218 g/mol. The van der Waals surface area contributed by atoms with Crippen LogP contribution >= 0.6 is 13.5 Å². The van der Waals surface area contributed by atoms with E-state index in [2.05, 4.69) is 32.6 Å². The molecule has 1 aliphatic heterocycles. The third kappa shape index (κ3) is 2.11. The lowest BCUT2D eigenvalue weighted by Gasteiger charge is -2.46. The Bertz CT molecular complexity index is 280. The van der Waals surface area contributed by atoms with Gasteiger partial charge in [0, 0.05) is 18.0 Å². The van der Waals surface area contributed by atoms with Gasteiger partial charge in [-0.2, -0.15) is 13.5 Å². The van der Waals surface area contributed by atoms with Crippen molar-refractivity contribution in [2.24, 2.45) is 11.3 Å². The number of rotatable bonds is 1. The lowest BCUT2D eigenvalue weighted by molar-refractivity contribution is -0.140. The molecule has 0 bridgehead atoms. The average molecular weight is 243 g/mol. The molecule has 0 spiro atoms. The molecule has 16 heavy (non-hydrogen) atoms. The van der Waals surface area contributed by atoms with E-state index < -0.39 is 0 Å². The zero-order valence-electron chi connectivity index (χ0n) is 11.0. The molecule has 2 rings (SSSR count). The zero-order chi connectivity index (χ0) is 11.3. The summed E-state index contributed by atoms with van der Waals surface area (Å²) in [5, 5.41) is 0. The van der Waals surface area contributed by atoms with Crippen LogP contribution in [-0.4, -0.2) is 22.9 Å². The normalized spacial score (nSPS) is 30.1. The van der Waals surface area contributed by atoms with Gasteiger partial charge in [0.05, 0.1) is 0 Å². The Morgan fingerprint density at radius 1 is 1.31 bits per heavy atom. The van der Waals surface area contributed by atoms with Crippen LogP contribution in [0.25, 0.3) is 0 Å². The maximum atomic E-state index is 12.2. The summed E-state index contributed by atoms with van der Waals surface area (Å²) >= 11 is 0. The van der Waals surface area contributed by atoms with Gasteiger partial charge in [-0.25, -0.2) is 0 Å². The van der Waals surface area contributed by atoms with Gasteiger partial charge in [-0.1, -0.05) is 20.8 Å². The summed E-state index contributed by atoms with van der Waals surface area (Å²) in [6.07, 6.45) is 4.58. The minimum absolute atomic E-state index is 0. The fourth-order valence-corrected chi connectivity index (χ4v) is 2.65. The van der Waals surface area contributed by atoms with Crippen LogP contribution in [0.2, 0.25) is 0 Å². The first-order valence-corrected chi connectivity index (χ1v) is 6.18. The molecule has 2 nitrogen and oxygen atoms in total. The van der Waals surface area contributed by atoms with Gasteiger partial charge in [0.2, 0.25) is 5.91 Å². The van der Waals surface area contributed by atoms with Crippen LogP contribution in [0.5, 0.6) is 0 Å². The highest BCUT2D eigenvalue weighted by molar-refractivity contribution is 7.59. The summed E-state index contributed by atoms with van der Waals surface area (Å²) in [6, 6.07) is 0. The van der Waals surface area contributed by atoms with E-state index in [-0.39, 0.29) is 24.4 Å². The Morgan fingerprint density at radius 2 is 1.88 bits per heavy atom. The molecular formula is C13H25NOS. The fraction of sp³-hybridized carbons (Fsp3) is 0.923. The van der Waals surface area contributed by atoms with Gasteiger partial charge in [0.1, 0.15) is 0 Å². The molecule has 1 aliphatic carbocycles. The minimum Gasteiger partial charge on any atom is -0.337 e. The topological polar surface area (TPSA) is 20.3 Å². The first-order valence-electron chi connectivity index (χ1n) is 6.18. The van der Waals surface area contributed by atoms with Crippen LogP contribution in [0.1, 0.15) is 53.4 Å². The van der Waals surface area contributed by atoms with Gasteiger partial charge in [0.25, 0.3) is 0 Å². The maximum absolute atomic E-state index is 12.2. The van der Waals surface area contributed by atoms with Crippen molar-refractivity contribution < 1.29 is 4.79 Å². The Hall–Kier alpha value is -0.180. The van der Waals surface area contributed by atoms with Gasteiger partial charge < -0.3 is 4.90 Å². The van der Waals surface area contributed by atoms with Crippen molar-refractivity contribution in [3.8, 4) is 0 Å². The molecule has 0 radical (unpaired) electrons. The monoisotopic (exact) mass is 243 g/mol. The Kier molecular flexibility index (Phi) is 3.68. The second-order valence-electron chi connectivity index (χ2n) is 6.39. The molecule has 2 aliphatic rings. The highest BCUT2D eigenvalue weighted by atomic mass is 32.1. The highest BCUT2D eigenvalue weighted by Crippen LogP contribution is 2.45. The van der Waals surface area contributed by atoms with Crippen molar-refractivity contribution in [3.05, 3.63) is 0 Å². The molecule has 0 unspecified atom stereocenters. The number of likely N-dealkylation sites (tertiary alicyclic amines) is 1. The van der Waals surface area contributed by atoms with E-state index >= 15 is 0 Å². The van der Waals surface area contributed by atoms with E-state index in [4.69, 9.17) is 0 Å². The van der Waals surface area contributed by atoms with Crippen LogP contribution < -0.4 is 0 Å². The van der Waals surface area contributed by atoms with E-state index in [0.717, 1.165) is 25.8 Å². The second kappa shape index (κ2) is 4.25. The quantitative estimate of drug-likeness (QED) is 0.693. The largest absolute Gasteiger partial charge is 0.337 e. The molecule has 1 saturated carbocycles. The molecule has 0 N–H and O–H groups in total. The lowest BCUT2D eigenvalue weighted by atomic mass is 9.73. The number of amides is 1. The molecule has 0 aromatic heterocycles. The number of nitrogens with zero attached hydrogens (tertiary/aromatic N) is 1. The SMILES string of the molecule is CC(C)(C)[C@]1(C)CCCN1C(=O)C1CC1.S. The summed E-state index contributed by atoms with van der Waals surface area (Å²) in [4.78, 5) is 14.4. The first-order chi connectivity index (χ1) is 6.86. The van der Waals surface area contributed by atoms with Crippen LogP contribution in [0.3, 0.4) is 0 Å². The molecule has 1 amide bonds. The molecule has 0 aromatic carbocycles. The molecule has 94 valence electrons. The number of hydrogen-bond acceptors (Lipinski definition) is 1. The van der Waals surface area contributed by atoms with Crippen molar-refractivity contribution >= 4 is 19.4 Å². The number of hydrogen-bond donors (Lipinski definition) is 0. The van der Waals surface area contributed by atoms with Crippen LogP contribution in [0.4, 0.5) is 0 Å². The van der Waals surface area contributed by atoms with Crippen LogP contribution in [0.15, 0.2) is 0 Å². The number of carbonyl (C=O) groups excluding carboxylic acids is 1. The summed E-state index contributed by atoms with van der Waals surface area (Å²) in [5.41, 5.74) is 0.265. The molecule has 3 heteroatoms. The van der Waals surface area contributed by atoms with Crippen molar-refractivity contribution in [1.29, 1.82) is 0 Å². The minimum atomic E-state index is 0. The van der Waals surface area contributed by atoms with Gasteiger partial charge in [-0.15, -0.1) is 0 Å². The summed E-state index contributed by atoms with van der Waals surface area (Å²) < 4.78 is 0. The van der Waals surface area contributed by atoms with Crippen molar-refractivity contribution in [3.63, 3.8) is 0 Å². The second-order valence-corrected chi connectivity index (χ2v) is 6.39. The van der Waals surface area contributed by atoms with Gasteiger partial charge in [-0.05, 0) is 38.0 Å². The van der Waals surface area contributed by atoms with Gasteiger partial charge in [-0.3, -0.25) is 4.79 Å². The predicted octanol–water partition coefficient (Wildman–Crippen LogP) is 2.94. The molecule has 1 heterocycles. The third-order valence-corrected chi connectivity index (χ3v) is 4.45. The Morgan fingerprint density at radius 3 is 2.31 bits per heavy atom. The highest BCUT2D eigenvalue weighted by Gasteiger charge is 2.50. The zero-order valence-corrected chi connectivity index (χ0v) is 12.0. The first kappa shape index (κ1) is 13.9. The van der Waals surface area contributed by atoms with Crippen molar-refractivity contribution in [2.45, 2.75) is 58.9 Å². The van der Waals surface area contributed by atoms with E-state index in [1.165, 1.54) is 6.42 Å². The fourth-order valence-electron chi connectivity index (χ4n) is 2.65. The predicted molar refractivity (Wildman–Crippen MR) is 71.9 cm³/mol. The summed E-state index contributed by atoms with van der Waals surface area (Å²) in [6.45, 7) is 10.0. The molecule has 2 fully saturated rings. The molecule has 1 atom stereocenters. The molecule has 0 aromatic rings. The standard InChI is InChI=1S/C13H23NO.H2S/c1-12(2,3)13(4)8-5-9-14(13)11(15)10-6-7-10;/h10H,5-9H2,1-4H3;1H2/t13-;/m0./s1. The van der Waals surface area contributed by atoms with E-state index in [0.29, 0.717) is 11.8 Å². The Labute approximate surface area is 106 Å². The third-order valence-electron chi connectivity index (χ3n) is 4.45. The number of carbonyl (C=O) groups is 1. The van der Waals surface area contributed by atoms with Crippen molar-refractivity contribution in [2.75, 3.05) is 6.54 Å². The van der Waals surface area contributed by atoms with Gasteiger partial charge in [0.15, 0.2) is 0 Å². The Balaban J connectivity index is 0.00000128. The maximum Gasteiger partial charge on any atom is 0.226 e. The lowest BCUT2D eigenvalue weighted by Crippen LogP contribution is -2.53. The molecule has 1 saturated heterocycles. The van der Waals surface area contributed by atoms with E-state index in [1.807, 2.05) is 0 Å². The smallest absolute Gasteiger partial charge is 0.226 e. The summed E-state index contributed by atoms with van der Waals surface area (Å²) in [7, 11) is 0. The van der Waals surface area contributed by atoms with E-state index in [9.17, 15) is 4.79 Å².